The van der Waals surface area contributed by atoms with E-state index >= 15 is 0 Å². The van der Waals surface area contributed by atoms with E-state index in [2.05, 4.69) is 5.32 Å². The van der Waals surface area contributed by atoms with E-state index in [0.717, 1.165) is 4.90 Å². The van der Waals surface area contributed by atoms with Gasteiger partial charge in [-0.3, -0.25) is 4.79 Å². The molecule has 0 heterocycles. The summed E-state index contributed by atoms with van der Waals surface area (Å²) in [4.78, 5) is 12.7. The second-order valence-corrected chi connectivity index (χ2v) is 6.36. The summed E-state index contributed by atoms with van der Waals surface area (Å²) in [6.45, 7) is 0. The Morgan fingerprint density at radius 1 is 1.19 bits per heavy atom. The maximum Gasteiger partial charge on any atom is 0.234 e. The lowest BCUT2D eigenvalue weighted by molar-refractivity contribution is -0.113. The van der Waals surface area contributed by atoms with Crippen LogP contribution in [0.15, 0.2) is 41.3 Å². The molecule has 2 aromatic rings. The summed E-state index contributed by atoms with van der Waals surface area (Å²) in [5, 5.41) is 3.99. The lowest BCUT2D eigenvalue weighted by Crippen LogP contribution is -2.14. The maximum atomic E-state index is 11.9. The monoisotopic (exact) mass is 360 g/mol. The lowest BCUT2D eigenvalue weighted by atomic mass is 10.3. The van der Waals surface area contributed by atoms with Gasteiger partial charge in [0.05, 0.1) is 21.5 Å². The number of anilines is 2. The molecule has 0 aromatic heterocycles. The highest BCUT2D eigenvalue weighted by Crippen LogP contribution is 2.31. The molecule has 0 aliphatic heterocycles. The van der Waals surface area contributed by atoms with Crippen LogP contribution in [0.1, 0.15) is 0 Å². The Labute approximate surface area is 141 Å². The quantitative estimate of drug-likeness (QED) is 0.598. The van der Waals surface area contributed by atoms with E-state index in [0.29, 0.717) is 26.4 Å². The van der Waals surface area contributed by atoms with Crippen LogP contribution in [0.2, 0.25) is 15.1 Å². The van der Waals surface area contributed by atoms with E-state index in [9.17, 15) is 4.79 Å². The molecular weight excluding hydrogens is 351 g/mol. The van der Waals surface area contributed by atoms with Crippen molar-refractivity contribution in [2.75, 3.05) is 16.8 Å². The van der Waals surface area contributed by atoms with Crippen LogP contribution in [0.3, 0.4) is 0 Å². The van der Waals surface area contributed by atoms with Crippen LogP contribution in [-0.4, -0.2) is 11.7 Å². The van der Waals surface area contributed by atoms with Crippen LogP contribution in [0, 0.1) is 0 Å². The highest BCUT2D eigenvalue weighted by atomic mass is 35.5. The number of nitrogen functional groups attached to an aromatic ring is 1. The first kappa shape index (κ1) is 16.3. The molecule has 21 heavy (non-hydrogen) atoms. The zero-order valence-electron chi connectivity index (χ0n) is 10.7. The molecule has 0 aliphatic rings. The first-order valence-corrected chi connectivity index (χ1v) is 8.01. The molecule has 0 saturated carbocycles. The fourth-order valence-electron chi connectivity index (χ4n) is 1.56. The Balaban J connectivity index is 1.99. The Bertz CT molecular complexity index is 679. The molecule has 0 radical (unpaired) electrons. The van der Waals surface area contributed by atoms with E-state index in [1.165, 1.54) is 11.8 Å². The molecule has 2 rings (SSSR count). The van der Waals surface area contributed by atoms with E-state index in [1.807, 2.05) is 0 Å². The summed E-state index contributed by atoms with van der Waals surface area (Å²) in [6, 6.07) is 10.2. The van der Waals surface area contributed by atoms with Crippen LogP contribution < -0.4 is 11.1 Å². The third kappa shape index (κ3) is 4.45. The Morgan fingerprint density at radius 2 is 1.95 bits per heavy atom. The highest BCUT2D eigenvalue weighted by molar-refractivity contribution is 8.00. The highest BCUT2D eigenvalue weighted by Gasteiger charge is 2.10. The molecule has 3 nitrogen and oxygen atoms in total. The minimum Gasteiger partial charge on any atom is -0.398 e. The van der Waals surface area contributed by atoms with Crippen molar-refractivity contribution in [3.05, 3.63) is 51.5 Å². The molecule has 0 spiro atoms. The largest absolute Gasteiger partial charge is 0.398 e. The number of amides is 1. The van der Waals surface area contributed by atoms with Gasteiger partial charge in [-0.25, -0.2) is 0 Å². The molecule has 3 N–H and O–H groups in total. The van der Waals surface area contributed by atoms with Crippen LogP contribution in [-0.2, 0) is 4.79 Å². The third-order valence-electron chi connectivity index (χ3n) is 2.56. The van der Waals surface area contributed by atoms with Crippen molar-refractivity contribution in [3.8, 4) is 0 Å². The van der Waals surface area contributed by atoms with Gasteiger partial charge in [-0.05, 0) is 30.3 Å². The number of halogens is 3. The summed E-state index contributed by atoms with van der Waals surface area (Å²) in [5.41, 5.74) is 6.88. The van der Waals surface area contributed by atoms with Gasteiger partial charge in [0.15, 0.2) is 0 Å². The van der Waals surface area contributed by atoms with E-state index in [4.69, 9.17) is 40.5 Å². The molecule has 2 aromatic carbocycles. The average molecular weight is 362 g/mol. The van der Waals surface area contributed by atoms with E-state index in [1.54, 1.807) is 36.4 Å². The smallest absolute Gasteiger partial charge is 0.234 e. The fourth-order valence-corrected chi connectivity index (χ4v) is 2.95. The minimum absolute atomic E-state index is 0.188. The summed E-state index contributed by atoms with van der Waals surface area (Å²) in [5.74, 6) is -0.0172. The van der Waals surface area contributed by atoms with Crippen LogP contribution >= 0.6 is 46.6 Å². The van der Waals surface area contributed by atoms with E-state index in [-0.39, 0.29) is 11.7 Å². The summed E-state index contributed by atoms with van der Waals surface area (Å²) < 4.78 is 0. The topological polar surface area (TPSA) is 55.1 Å². The van der Waals surface area contributed by atoms with Crippen molar-refractivity contribution in [2.24, 2.45) is 0 Å². The Kier molecular flexibility index (Phi) is 5.65. The minimum atomic E-state index is -0.205. The van der Waals surface area contributed by atoms with Gasteiger partial charge in [0.25, 0.3) is 0 Å². The third-order valence-corrected chi connectivity index (χ3v) is 4.69. The van der Waals surface area contributed by atoms with Crippen LogP contribution in [0.25, 0.3) is 0 Å². The Morgan fingerprint density at radius 3 is 2.71 bits per heavy atom. The summed E-state index contributed by atoms with van der Waals surface area (Å²) in [7, 11) is 0. The van der Waals surface area contributed by atoms with E-state index < -0.39 is 0 Å². The second-order valence-electron chi connectivity index (χ2n) is 4.12. The van der Waals surface area contributed by atoms with Crippen molar-refractivity contribution in [2.45, 2.75) is 4.90 Å². The predicted octanol–water partition coefficient (Wildman–Crippen LogP) is 4.96. The number of carbonyl (C=O) groups excluding carboxylic acids is 1. The van der Waals surface area contributed by atoms with Gasteiger partial charge in [0.1, 0.15) is 0 Å². The number of thioether (sulfide) groups is 1. The van der Waals surface area contributed by atoms with Gasteiger partial charge in [-0.2, -0.15) is 0 Å². The number of nitrogens with two attached hydrogens (primary N) is 1. The molecule has 0 unspecified atom stereocenters. The van der Waals surface area contributed by atoms with Gasteiger partial charge >= 0.3 is 0 Å². The molecule has 0 bridgehead atoms. The first-order chi connectivity index (χ1) is 9.97. The number of hydrogen-bond donors (Lipinski definition) is 2. The molecular formula is C14H11Cl3N2OS. The van der Waals surface area contributed by atoms with Crippen molar-refractivity contribution in [3.63, 3.8) is 0 Å². The average Bonchev–Trinajstić information content (AvgIpc) is 2.45. The maximum absolute atomic E-state index is 11.9. The number of hydrogen-bond acceptors (Lipinski definition) is 3. The molecule has 110 valence electrons. The van der Waals surface area contributed by atoms with Gasteiger partial charge in [-0.1, -0.05) is 40.9 Å². The first-order valence-electron chi connectivity index (χ1n) is 5.89. The fraction of sp³-hybridized carbons (Fsp3) is 0.0714. The van der Waals surface area contributed by atoms with Crippen molar-refractivity contribution in [1.29, 1.82) is 0 Å². The molecule has 0 atom stereocenters. The van der Waals surface area contributed by atoms with Gasteiger partial charge < -0.3 is 11.1 Å². The number of carbonyl (C=O) groups is 1. The zero-order chi connectivity index (χ0) is 15.4. The van der Waals surface area contributed by atoms with Gasteiger partial charge in [0, 0.05) is 15.6 Å². The number of rotatable bonds is 4. The number of nitrogens with one attached hydrogen (secondary N) is 1. The van der Waals surface area contributed by atoms with Gasteiger partial charge in [-0.15, -0.1) is 11.8 Å². The predicted molar refractivity (Wildman–Crippen MR) is 91.7 cm³/mol. The summed E-state index contributed by atoms with van der Waals surface area (Å²) in [6.07, 6.45) is 0. The molecule has 7 heteroatoms. The lowest BCUT2D eigenvalue weighted by Gasteiger charge is -2.09. The SMILES string of the molecule is Nc1ccc(Cl)cc1SCC(=O)Nc1cccc(Cl)c1Cl. The molecule has 0 saturated heterocycles. The Hall–Kier alpha value is -1.07. The zero-order valence-corrected chi connectivity index (χ0v) is 13.8. The molecule has 1 amide bonds. The standard InChI is InChI=1S/C14H11Cl3N2OS/c15-8-4-5-10(18)12(6-8)21-7-13(20)19-11-3-1-2-9(16)14(11)17/h1-6H,7,18H2,(H,19,20). The normalized spacial score (nSPS) is 10.4. The second kappa shape index (κ2) is 7.27. The van der Waals surface area contributed by atoms with Gasteiger partial charge in [0.2, 0.25) is 5.91 Å². The summed E-state index contributed by atoms with van der Waals surface area (Å²) >= 11 is 19.1. The number of benzene rings is 2. The van der Waals surface area contributed by atoms with Crippen LogP contribution in [0.5, 0.6) is 0 Å². The van der Waals surface area contributed by atoms with Crippen molar-refractivity contribution < 1.29 is 4.79 Å². The van der Waals surface area contributed by atoms with Crippen molar-refractivity contribution >= 4 is 63.8 Å². The molecule has 0 fully saturated rings. The molecule has 0 aliphatic carbocycles. The van der Waals surface area contributed by atoms with Crippen molar-refractivity contribution in [1.82, 2.24) is 0 Å². The van der Waals surface area contributed by atoms with Crippen LogP contribution in [0.4, 0.5) is 11.4 Å².